The minimum absolute atomic E-state index is 0.924. The molecule has 0 spiro atoms. The summed E-state index contributed by atoms with van der Waals surface area (Å²) in [6.07, 6.45) is 15.1. The number of hydrogen-bond acceptors (Lipinski definition) is 1. The molecular formula is C18H19N. The van der Waals surface area contributed by atoms with Gasteiger partial charge in [-0.2, -0.15) is 0 Å². The van der Waals surface area contributed by atoms with Gasteiger partial charge in [0.25, 0.3) is 0 Å². The summed E-state index contributed by atoms with van der Waals surface area (Å²) in [6.45, 7) is 13.8. The Morgan fingerprint density at radius 2 is 1.79 bits per heavy atom. The molecule has 96 valence electrons. The molecule has 0 N–H and O–H groups in total. The summed E-state index contributed by atoms with van der Waals surface area (Å²) < 4.78 is 0. The van der Waals surface area contributed by atoms with Crippen molar-refractivity contribution in [2.45, 2.75) is 6.92 Å². The van der Waals surface area contributed by atoms with Crippen LogP contribution in [0.5, 0.6) is 0 Å². The number of hydrogen-bond donors (Lipinski definition) is 0. The van der Waals surface area contributed by atoms with Crippen LogP contribution in [-0.2, 0) is 0 Å². The second-order valence-corrected chi connectivity index (χ2v) is 3.98. The maximum atomic E-state index is 4.05. The molecule has 1 aromatic rings. The molecule has 1 heterocycles. The molecular weight excluding hydrogens is 230 g/mol. The lowest BCUT2D eigenvalue weighted by molar-refractivity contribution is 1.32. The SMILES string of the molecule is C=C/C=C(\C=C/C)C(=C)/C=C\C(=C)c1ccncc1. The van der Waals surface area contributed by atoms with Crippen molar-refractivity contribution in [3.05, 3.63) is 97.4 Å². The highest BCUT2D eigenvalue weighted by atomic mass is 14.6. The van der Waals surface area contributed by atoms with Gasteiger partial charge in [0.1, 0.15) is 0 Å². The highest BCUT2D eigenvalue weighted by Crippen LogP contribution is 2.16. The van der Waals surface area contributed by atoms with Gasteiger partial charge in [0, 0.05) is 12.4 Å². The first-order valence-electron chi connectivity index (χ1n) is 6.11. The van der Waals surface area contributed by atoms with E-state index < -0.39 is 0 Å². The molecule has 19 heavy (non-hydrogen) atoms. The zero-order valence-corrected chi connectivity index (χ0v) is 11.3. The van der Waals surface area contributed by atoms with Crippen LogP contribution in [0.25, 0.3) is 5.57 Å². The third kappa shape index (κ3) is 4.76. The fourth-order valence-corrected chi connectivity index (χ4v) is 1.54. The lowest BCUT2D eigenvalue weighted by Crippen LogP contribution is -1.83. The van der Waals surface area contributed by atoms with Crippen molar-refractivity contribution in [2.75, 3.05) is 0 Å². The molecule has 0 aliphatic heterocycles. The summed E-state index contributed by atoms with van der Waals surface area (Å²) in [4.78, 5) is 3.99. The molecule has 0 saturated carbocycles. The third-order valence-electron chi connectivity index (χ3n) is 2.55. The third-order valence-corrected chi connectivity index (χ3v) is 2.55. The molecule has 0 atom stereocenters. The van der Waals surface area contributed by atoms with Crippen LogP contribution in [0.2, 0.25) is 0 Å². The highest BCUT2D eigenvalue weighted by molar-refractivity contribution is 5.72. The van der Waals surface area contributed by atoms with Crippen molar-refractivity contribution >= 4 is 5.57 Å². The van der Waals surface area contributed by atoms with Crippen molar-refractivity contribution in [2.24, 2.45) is 0 Å². The van der Waals surface area contributed by atoms with Gasteiger partial charge >= 0.3 is 0 Å². The van der Waals surface area contributed by atoms with E-state index in [1.54, 1.807) is 18.5 Å². The van der Waals surface area contributed by atoms with Crippen LogP contribution in [0.15, 0.2) is 91.9 Å². The van der Waals surface area contributed by atoms with Crippen LogP contribution in [0.4, 0.5) is 0 Å². The molecule has 0 fully saturated rings. The molecule has 0 amide bonds. The van der Waals surface area contributed by atoms with Crippen molar-refractivity contribution < 1.29 is 0 Å². The zero-order valence-electron chi connectivity index (χ0n) is 11.3. The predicted octanol–water partition coefficient (Wildman–Crippen LogP) is 4.90. The van der Waals surface area contributed by atoms with Gasteiger partial charge < -0.3 is 0 Å². The maximum absolute atomic E-state index is 4.05. The van der Waals surface area contributed by atoms with Gasteiger partial charge in [-0.15, -0.1) is 0 Å². The largest absolute Gasteiger partial charge is 0.265 e. The van der Waals surface area contributed by atoms with E-state index >= 15 is 0 Å². The maximum Gasteiger partial charge on any atom is 0.0273 e. The Morgan fingerprint density at radius 1 is 1.11 bits per heavy atom. The van der Waals surface area contributed by atoms with Crippen LogP contribution in [0, 0.1) is 0 Å². The van der Waals surface area contributed by atoms with Crippen LogP contribution < -0.4 is 0 Å². The van der Waals surface area contributed by atoms with Gasteiger partial charge in [-0.25, -0.2) is 0 Å². The zero-order chi connectivity index (χ0) is 14.1. The fourth-order valence-electron chi connectivity index (χ4n) is 1.54. The van der Waals surface area contributed by atoms with E-state index in [4.69, 9.17) is 0 Å². The number of nitrogens with zero attached hydrogens (tertiary/aromatic N) is 1. The smallest absolute Gasteiger partial charge is 0.0273 e. The Morgan fingerprint density at radius 3 is 2.37 bits per heavy atom. The van der Waals surface area contributed by atoms with E-state index in [9.17, 15) is 0 Å². The molecule has 0 aromatic carbocycles. The molecule has 1 rings (SSSR count). The van der Waals surface area contributed by atoms with Crippen LogP contribution >= 0.6 is 0 Å². The summed E-state index contributed by atoms with van der Waals surface area (Å²) in [5.74, 6) is 0. The summed E-state index contributed by atoms with van der Waals surface area (Å²) in [5, 5.41) is 0. The van der Waals surface area contributed by atoms with E-state index in [1.807, 2.05) is 49.4 Å². The standard InChI is InChI=1S/C18H19N/c1-5-7-17(8-6-2)15(3)9-10-16(4)18-11-13-19-14-12-18/h5-14H,1,3-4H2,2H3/b8-6-,10-9-,17-7+. The predicted molar refractivity (Wildman–Crippen MR) is 84.6 cm³/mol. The number of pyridine rings is 1. The first-order chi connectivity index (χ1) is 9.19. The Kier molecular flexibility index (Phi) is 6.04. The Balaban J connectivity index is 2.81. The van der Waals surface area contributed by atoms with E-state index in [2.05, 4.69) is 24.7 Å². The molecule has 1 aromatic heterocycles. The highest BCUT2D eigenvalue weighted by Gasteiger charge is 1.96. The van der Waals surface area contributed by atoms with Crippen LogP contribution in [0.1, 0.15) is 12.5 Å². The summed E-state index contributed by atoms with van der Waals surface area (Å²) in [6, 6.07) is 3.86. The first kappa shape index (κ1) is 14.7. The molecule has 0 aliphatic rings. The number of rotatable bonds is 6. The summed E-state index contributed by atoms with van der Waals surface area (Å²) in [7, 11) is 0. The topological polar surface area (TPSA) is 12.9 Å². The van der Waals surface area contributed by atoms with E-state index in [0.29, 0.717) is 0 Å². The second kappa shape index (κ2) is 7.83. The molecule has 0 radical (unpaired) electrons. The summed E-state index contributed by atoms with van der Waals surface area (Å²) >= 11 is 0. The number of aromatic nitrogens is 1. The molecule has 0 aliphatic carbocycles. The average Bonchev–Trinajstić information content (AvgIpc) is 2.45. The molecule has 0 unspecified atom stereocenters. The van der Waals surface area contributed by atoms with E-state index in [0.717, 1.165) is 22.3 Å². The molecule has 0 saturated heterocycles. The lowest BCUT2D eigenvalue weighted by atomic mass is 10.0. The minimum atomic E-state index is 0.924. The second-order valence-electron chi connectivity index (χ2n) is 3.98. The quantitative estimate of drug-likeness (QED) is 0.654. The first-order valence-corrected chi connectivity index (χ1v) is 6.11. The van der Waals surface area contributed by atoms with Crippen molar-refractivity contribution in [3.63, 3.8) is 0 Å². The summed E-state index contributed by atoms with van der Waals surface area (Å²) in [5.41, 5.74) is 3.95. The fraction of sp³-hybridized carbons (Fsp3) is 0.0556. The van der Waals surface area contributed by atoms with Crippen LogP contribution in [-0.4, -0.2) is 4.98 Å². The normalized spacial score (nSPS) is 11.9. The van der Waals surface area contributed by atoms with Crippen LogP contribution in [0.3, 0.4) is 0 Å². The lowest BCUT2D eigenvalue weighted by Gasteiger charge is -2.02. The van der Waals surface area contributed by atoms with Gasteiger partial charge in [0.2, 0.25) is 0 Å². The van der Waals surface area contributed by atoms with Crippen molar-refractivity contribution in [3.8, 4) is 0 Å². The van der Waals surface area contributed by atoms with Crippen molar-refractivity contribution in [1.29, 1.82) is 0 Å². The van der Waals surface area contributed by atoms with Gasteiger partial charge in [-0.05, 0) is 41.3 Å². The van der Waals surface area contributed by atoms with Gasteiger partial charge in [0.05, 0.1) is 0 Å². The van der Waals surface area contributed by atoms with Gasteiger partial charge in [-0.3, -0.25) is 4.98 Å². The Bertz CT molecular complexity index is 542. The van der Waals surface area contributed by atoms with E-state index in [-0.39, 0.29) is 0 Å². The van der Waals surface area contributed by atoms with E-state index in [1.165, 1.54) is 0 Å². The average molecular weight is 249 g/mol. The molecule has 1 heteroatoms. The number of allylic oxidation sites excluding steroid dienone is 9. The van der Waals surface area contributed by atoms with Crippen molar-refractivity contribution in [1.82, 2.24) is 4.98 Å². The Labute approximate surface area is 115 Å². The minimum Gasteiger partial charge on any atom is -0.265 e. The monoisotopic (exact) mass is 249 g/mol. The Hall–Kier alpha value is -2.41. The van der Waals surface area contributed by atoms with Gasteiger partial charge in [0.15, 0.2) is 0 Å². The molecule has 0 bridgehead atoms. The molecule has 1 nitrogen and oxygen atoms in total. The van der Waals surface area contributed by atoms with Gasteiger partial charge in [-0.1, -0.05) is 56.2 Å².